The summed E-state index contributed by atoms with van der Waals surface area (Å²) in [5.41, 5.74) is 8.54. The Bertz CT molecular complexity index is 1360. The van der Waals surface area contributed by atoms with Crippen molar-refractivity contribution in [1.29, 1.82) is 0 Å². The summed E-state index contributed by atoms with van der Waals surface area (Å²) in [6.07, 6.45) is -1.66. The van der Waals surface area contributed by atoms with Crippen molar-refractivity contribution in [3.63, 3.8) is 0 Å². The van der Waals surface area contributed by atoms with E-state index in [1.807, 2.05) is 0 Å². The highest BCUT2D eigenvalue weighted by Gasteiger charge is 2.30. The molecule has 1 aliphatic rings. The van der Waals surface area contributed by atoms with Crippen LogP contribution >= 0.6 is 0 Å². The first-order valence-corrected chi connectivity index (χ1v) is 11.1. The van der Waals surface area contributed by atoms with Gasteiger partial charge in [0.2, 0.25) is 5.95 Å². The average molecular weight is 474 g/mol. The lowest BCUT2D eigenvalue weighted by Crippen LogP contribution is -2.43. The van der Waals surface area contributed by atoms with E-state index < -0.39 is 12.7 Å². The summed E-state index contributed by atoms with van der Waals surface area (Å²) in [7, 11) is 2.11. The van der Waals surface area contributed by atoms with Gasteiger partial charge in [-0.2, -0.15) is 18.2 Å². The number of alkyl halides is 3. The van der Waals surface area contributed by atoms with Crippen molar-refractivity contribution in [1.82, 2.24) is 34.0 Å². The Morgan fingerprint density at radius 3 is 2.71 bits per heavy atom. The van der Waals surface area contributed by atoms with Crippen LogP contribution in [-0.4, -0.2) is 66.4 Å². The number of anilines is 2. The molecule has 5 heterocycles. The number of aromatic nitrogens is 6. The maximum Gasteiger partial charge on any atom is 0.406 e. The Balaban J connectivity index is 1.50. The maximum atomic E-state index is 13.1. The van der Waals surface area contributed by atoms with Gasteiger partial charge in [-0.1, -0.05) is 6.92 Å². The zero-order valence-electron chi connectivity index (χ0n) is 19.1. The number of fused-ring (bicyclic) bond motifs is 2. The molecule has 180 valence electrons. The first-order chi connectivity index (χ1) is 16.1. The van der Waals surface area contributed by atoms with E-state index in [-0.39, 0.29) is 23.3 Å². The molecule has 0 spiro atoms. The number of piperidine rings is 1. The Labute approximate surface area is 193 Å². The molecule has 0 bridgehead atoms. The quantitative estimate of drug-likeness (QED) is 0.469. The van der Waals surface area contributed by atoms with Crippen LogP contribution < -0.4 is 11.1 Å². The number of halogens is 3. The highest BCUT2D eigenvalue weighted by atomic mass is 19.4. The summed E-state index contributed by atoms with van der Waals surface area (Å²) < 4.78 is 42.0. The highest BCUT2D eigenvalue weighted by molar-refractivity contribution is 5.88. The zero-order chi connectivity index (χ0) is 24.2. The van der Waals surface area contributed by atoms with Gasteiger partial charge in [0.25, 0.3) is 0 Å². The summed E-state index contributed by atoms with van der Waals surface area (Å²) in [6.45, 7) is 4.55. The van der Waals surface area contributed by atoms with Crippen molar-refractivity contribution in [2.75, 3.05) is 31.2 Å². The number of aryl methyl sites for hydroxylation is 1. The van der Waals surface area contributed by atoms with Gasteiger partial charge in [0.05, 0.1) is 5.69 Å². The van der Waals surface area contributed by atoms with Crippen LogP contribution in [0.1, 0.15) is 19.2 Å². The normalized spacial score (nSPS) is 19.8. The fourth-order valence-corrected chi connectivity index (χ4v) is 4.69. The van der Waals surface area contributed by atoms with Gasteiger partial charge in [0, 0.05) is 24.3 Å². The Morgan fingerprint density at radius 1 is 1.18 bits per heavy atom. The van der Waals surface area contributed by atoms with Crippen molar-refractivity contribution < 1.29 is 13.2 Å². The minimum atomic E-state index is -4.38. The van der Waals surface area contributed by atoms with Gasteiger partial charge in [-0.05, 0) is 51.1 Å². The van der Waals surface area contributed by atoms with Crippen LogP contribution in [0.3, 0.4) is 0 Å². The van der Waals surface area contributed by atoms with E-state index in [0.29, 0.717) is 34.2 Å². The second kappa shape index (κ2) is 8.12. The second-order valence-corrected chi connectivity index (χ2v) is 9.02. The van der Waals surface area contributed by atoms with Crippen molar-refractivity contribution in [3.05, 3.63) is 30.2 Å². The van der Waals surface area contributed by atoms with Gasteiger partial charge >= 0.3 is 6.18 Å². The summed E-state index contributed by atoms with van der Waals surface area (Å²) in [5, 5.41) is 7.97. The number of nitrogens with zero attached hydrogens (tertiary/aromatic N) is 7. The van der Waals surface area contributed by atoms with Crippen LogP contribution in [0.15, 0.2) is 24.4 Å². The third-order valence-corrected chi connectivity index (χ3v) is 6.36. The number of nitrogens with two attached hydrogens (primary N) is 1. The molecule has 1 aliphatic heterocycles. The molecule has 12 heteroatoms. The number of pyridine rings is 1. The van der Waals surface area contributed by atoms with Crippen LogP contribution in [0.5, 0.6) is 0 Å². The van der Waals surface area contributed by atoms with E-state index in [9.17, 15) is 13.2 Å². The van der Waals surface area contributed by atoms with Crippen molar-refractivity contribution >= 4 is 28.4 Å². The summed E-state index contributed by atoms with van der Waals surface area (Å²) in [5.74, 6) is 1.39. The third kappa shape index (κ3) is 4.13. The number of hydrogen-bond acceptors (Lipinski definition) is 7. The topological polar surface area (TPSA) is 102 Å². The van der Waals surface area contributed by atoms with Crippen molar-refractivity contribution in [2.45, 2.75) is 39.0 Å². The zero-order valence-corrected chi connectivity index (χ0v) is 19.1. The van der Waals surface area contributed by atoms with Crippen molar-refractivity contribution in [2.24, 2.45) is 5.92 Å². The first kappa shape index (κ1) is 22.4. The lowest BCUT2D eigenvalue weighted by Gasteiger charge is -2.35. The molecule has 2 atom stereocenters. The molecule has 0 amide bonds. The van der Waals surface area contributed by atoms with E-state index in [1.54, 1.807) is 28.9 Å². The summed E-state index contributed by atoms with van der Waals surface area (Å²) in [4.78, 5) is 15.5. The van der Waals surface area contributed by atoms with Crippen molar-refractivity contribution in [3.8, 4) is 11.3 Å². The number of nitrogens with one attached hydrogen (secondary N) is 1. The summed E-state index contributed by atoms with van der Waals surface area (Å²) in [6, 6.07) is 5.40. The first-order valence-electron chi connectivity index (χ1n) is 11.1. The molecule has 0 unspecified atom stereocenters. The molecule has 1 saturated heterocycles. The van der Waals surface area contributed by atoms with Crippen LogP contribution in [0.4, 0.5) is 24.9 Å². The van der Waals surface area contributed by atoms with E-state index in [1.165, 1.54) is 6.92 Å². The summed E-state index contributed by atoms with van der Waals surface area (Å²) >= 11 is 0. The van der Waals surface area contributed by atoms with Gasteiger partial charge in [-0.3, -0.25) is 0 Å². The molecule has 9 nitrogen and oxygen atoms in total. The predicted molar refractivity (Wildman–Crippen MR) is 123 cm³/mol. The monoisotopic (exact) mass is 473 g/mol. The van der Waals surface area contributed by atoms with Gasteiger partial charge < -0.3 is 20.5 Å². The van der Waals surface area contributed by atoms with E-state index in [2.05, 4.69) is 44.2 Å². The van der Waals surface area contributed by atoms with E-state index in [0.717, 1.165) is 24.1 Å². The molecule has 1 fully saturated rings. The minimum absolute atomic E-state index is 0.167. The van der Waals surface area contributed by atoms with Gasteiger partial charge in [-0.25, -0.2) is 14.5 Å². The maximum absolute atomic E-state index is 13.1. The average Bonchev–Trinajstić information content (AvgIpc) is 3.30. The predicted octanol–water partition coefficient (Wildman–Crippen LogP) is 3.35. The molecular weight excluding hydrogens is 447 g/mol. The van der Waals surface area contributed by atoms with Crippen LogP contribution in [0.25, 0.3) is 27.9 Å². The molecule has 4 aromatic heterocycles. The molecular formula is C22H26F3N9. The molecule has 0 saturated carbocycles. The molecule has 0 aromatic carbocycles. The second-order valence-electron chi connectivity index (χ2n) is 9.02. The Morgan fingerprint density at radius 2 is 1.97 bits per heavy atom. The Hall–Kier alpha value is -3.41. The molecule has 0 radical (unpaired) electrons. The fraction of sp³-hybridized carbons (Fsp3) is 0.455. The molecule has 34 heavy (non-hydrogen) atoms. The molecule has 0 aliphatic carbocycles. The van der Waals surface area contributed by atoms with E-state index in [4.69, 9.17) is 5.73 Å². The number of hydrogen-bond donors (Lipinski definition) is 2. The van der Waals surface area contributed by atoms with Gasteiger partial charge in [0.15, 0.2) is 11.5 Å². The molecule has 5 rings (SSSR count). The SMILES string of the molecule is Cc1nc2ccc(-c3ccn4nc(N[C@H]5CCN(C)C[C@H]5C)nc(N)c34)nc2n1CC(F)(F)F. The number of nitrogen functional groups attached to an aromatic ring is 1. The number of likely N-dealkylation sites (tertiary alicyclic amines) is 1. The van der Waals surface area contributed by atoms with Gasteiger partial charge in [-0.15, -0.1) is 5.10 Å². The largest absolute Gasteiger partial charge is 0.406 e. The minimum Gasteiger partial charge on any atom is -0.382 e. The third-order valence-electron chi connectivity index (χ3n) is 6.36. The van der Waals surface area contributed by atoms with E-state index >= 15 is 0 Å². The Kier molecular flexibility index (Phi) is 5.34. The van der Waals surface area contributed by atoms with Crippen LogP contribution in [0, 0.1) is 12.8 Å². The lowest BCUT2D eigenvalue weighted by molar-refractivity contribution is -0.140. The molecule has 3 N–H and O–H groups in total. The standard InChI is InChI=1S/C22H26F3N9/c1-12-10-32(3)8-7-15(12)29-21-30-19(26)18-14(6-9-34(18)31-21)16-4-5-17-20(28-16)33(13(2)27-17)11-22(23,24)25/h4-6,9,12,15H,7-8,10-11H2,1-3H3,(H3,26,29,30,31)/t12-,15+/m1/s1. The van der Waals surface area contributed by atoms with Crippen LogP contribution in [0.2, 0.25) is 0 Å². The number of imidazole rings is 1. The lowest BCUT2D eigenvalue weighted by atomic mass is 9.94. The number of rotatable bonds is 4. The van der Waals surface area contributed by atoms with Gasteiger partial charge in [0.1, 0.15) is 23.4 Å². The smallest absolute Gasteiger partial charge is 0.382 e. The van der Waals surface area contributed by atoms with Crippen LogP contribution in [-0.2, 0) is 6.54 Å². The molecule has 4 aromatic rings. The fourth-order valence-electron chi connectivity index (χ4n) is 4.69. The highest BCUT2D eigenvalue weighted by Crippen LogP contribution is 2.30.